The fourth-order valence-electron chi connectivity index (χ4n) is 1.90. The second-order valence-corrected chi connectivity index (χ2v) is 5.94. The number of ether oxygens (including phenoxy) is 3. The first kappa shape index (κ1) is 16.9. The molecule has 23 heavy (non-hydrogen) atoms. The van der Waals surface area contributed by atoms with E-state index < -0.39 is 28.1 Å². The number of benzene rings is 1. The lowest BCUT2D eigenvalue weighted by Gasteiger charge is -2.15. The van der Waals surface area contributed by atoms with Gasteiger partial charge in [0.15, 0.2) is 0 Å². The van der Waals surface area contributed by atoms with Crippen LogP contribution in [0.1, 0.15) is 19.4 Å². The Morgan fingerprint density at radius 1 is 1.09 bits per heavy atom. The van der Waals surface area contributed by atoms with Crippen molar-refractivity contribution in [3.63, 3.8) is 0 Å². The summed E-state index contributed by atoms with van der Waals surface area (Å²) < 4.78 is 42.1. The van der Waals surface area contributed by atoms with Gasteiger partial charge in [0.1, 0.15) is 4.90 Å². The Labute approximate surface area is 133 Å². The van der Waals surface area contributed by atoms with E-state index in [-0.39, 0.29) is 29.6 Å². The maximum Gasteiger partial charge on any atom is 0.359 e. The first-order valence-electron chi connectivity index (χ1n) is 6.85. The fraction of sp³-hybridized carbons (Fsp3) is 0.357. The number of carbonyl (C=O) groups excluding carboxylic acids is 2. The molecule has 0 unspecified atom stereocenters. The van der Waals surface area contributed by atoms with Crippen LogP contribution in [-0.2, 0) is 33.8 Å². The SMILES string of the molecule is CCOC(=O)C(OC1=NS(=O)(=O)c2ccccc21)C(=O)OCC. The monoisotopic (exact) mass is 341 g/mol. The molecule has 0 saturated heterocycles. The van der Waals surface area contributed by atoms with Gasteiger partial charge in [-0.05, 0) is 26.0 Å². The van der Waals surface area contributed by atoms with Crippen LogP contribution in [0, 0.1) is 0 Å². The van der Waals surface area contributed by atoms with Crippen LogP contribution in [0.4, 0.5) is 0 Å². The molecule has 0 saturated carbocycles. The minimum atomic E-state index is -3.92. The highest BCUT2D eigenvalue weighted by atomic mass is 32.2. The van der Waals surface area contributed by atoms with E-state index in [1.54, 1.807) is 19.9 Å². The lowest BCUT2D eigenvalue weighted by Crippen LogP contribution is -2.38. The molecular weight excluding hydrogens is 326 g/mol. The average Bonchev–Trinajstić information content (AvgIpc) is 2.77. The second kappa shape index (κ2) is 6.78. The van der Waals surface area contributed by atoms with Crippen molar-refractivity contribution in [3.8, 4) is 0 Å². The molecule has 1 heterocycles. The van der Waals surface area contributed by atoms with Gasteiger partial charge in [-0.1, -0.05) is 12.1 Å². The van der Waals surface area contributed by atoms with E-state index in [2.05, 4.69) is 4.40 Å². The Hall–Kier alpha value is -2.42. The van der Waals surface area contributed by atoms with Crippen molar-refractivity contribution in [1.29, 1.82) is 0 Å². The van der Waals surface area contributed by atoms with Gasteiger partial charge < -0.3 is 14.2 Å². The summed E-state index contributed by atoms with van der Waals surface area (Å²) in [7, 11) is -3.92. The summed E-state index contributed by atoms with van der Waals surface area (Å²) in [4.78, 5) is 23.7. The highest BCUT2D eigenvalue weighted by Crippen LogP contribution is 2.27. The Bertz CT molecular complexity index is 736. The number of fused-ring (bicyclic) bond motifs is 1. The van der Waals surface area contributed by atoms with Crippen LogP contribution in [0.15, 0.2) is 33.6 Å². The molecule has 124 valence electrons. The lowest BCUT2D eigenvalue weighted by molar-refractivity contribution is -0.167. The Morgan fingerprint density at radius 3 is 2.22 bits per heavy atom. The smallest absolute Gasteiger partial charge is 0.359 e. The van der Waals surface area contributed by atoms with E-state index in [1.807, 2.05) is 0 Å². The number of carbonyl (C=O) groups is 2. The number of esters is 2. The zero-order valence-corrected chi connectivity index (χ0v) is 13.3. The fourth-order valence-corrected chi connectivity index (χ4v) is 3.04. The van der Waals surface area contributed by atoms with Gasteiger partial charge in [0.05, 0.1) is 18.8 Å². The summed E-state index contributed by atoms with van der Waals surface area (Å²) >= 11 is 0. The Morgan fingerprint density at radius 2 is 1.65 bits per heavy atom. The summed E-state index contributed by atoms with van der Waals surface area (Å²) in [5.41, 5.74) is 0.172. The summed E-state index contributed by atoms with van der Waals surface area (Å²) in [6, 6.07) is 5.94. The zero-order valence-electron chi connectivity index (χ0n) is 12.5. The molecular formula is C14H15NO7S. The van der Waals surface area contributed by atoms with Crippen molar-refractivity contribution in [3.05, 3.63) is 29.8 Å². The van der Waals surface area contributed by atoms with Crippen LogP contribution in [0.25, 0.3) is 0 Å². The molecule has 0 N–H and O–H groups in total. The van der Waals surface area contributed by atoms with Crippen LogP contribution >= 0.6 is 0 Å². The van der Waals surface area contributed by atoms with Crippen LogP contribution < -0.4 is 0 Å². The topological polar surface area (TPSA) is 108 Å². The predicted molar refractivity (Wildman–Crippen MR) is 78.3 cm³/mol. The van der Waals surface area contributed by atoms with Gasteiger partial charge in [-0.15, -0.1) is 4.40 Å². The first-order valence-corrected chi connectivity index (χ1v) is 8.29. The highest BCUT2D eigenvalue weighted by Gasteiger charge is 2.37. The van der Waals surface area contributed by atoms with Gasteiger partial charge in [0.25, 0.3) is 16.1 Å². The van der Waals surface area contributed by atoms with Crippen molar-refractivity contribution in [2.75, 3.05) is 13.2 Å². The summed E-state index contributed by atoms with van der Waals surface area (Å²) in [5.74, 6) is -2.29. The second-order valence-electron chi connectivity index (χ2n) is 4.37. The standard InChI is InChI=1S/C14H15NO7S/c1-3-20-13(16)11(14(17)21-4-2)22-12-9-7-5-6-8-10(9)23(18,19)15-12/h5-8,11H,3-4H2,1-2H3. The normalized spacial score (nSPS) is 14.8. The van der Waals surface area contributed by atoms with E-state index >= 15 is 0 Å². The van der Waals surface area contributed by atoms with Gasteiger partial charge in [0, 0.05) is 0 Å². The molecule has 1 aliphatic rings. The van der Waals surface area contributed by atoms with Gasteiger partial charge in [-0.2, -0.15) is 8.42 Å². The summed E-state index contributed by atoms with van der Waals surface area (Å²) in [6.45, 7) is 3.18. The third-order valence-corrected chi connectivity index (χ3v) is 4.15. The van der Waals surface area contributed by atoms with E-state index in [0.29, 0.717) is 0 Å². The number of nitrogens with zero attached hydrogens (tertiary/aromatic N) is 1. The number of sulfonamides is 1. The minimum Gasteiger partial charge on any atom is -0.463 e. The van der Waals surface area contributed by atoms with E-state index in [1.165, 1.54) is 18.2 Å². The van der Waals surface area contributed by atoms with Crippen LogP contribution in [0.5, 0.6) is 0 Å². The van der Waals surface area contributed by atoms with Gasteiger partial charge in [0.2, 0.25) is 5.90 Å². The van der Waals surface area contributed by atoms with E-state index in [4.69, 9.17) is 14.2 Å². The molecule has 0 aromatic heterocycles. The zero-order chi connectivity index (χ0) is 17.0. The highest BCUT2D eigenvalue weighted by molar-refractivity contribution is 7.90. The third-order valence-electron chi connectivity index (χ3n) is 2.83. The van der Waals surface area contributed by atoms with Crippen molar-refractivity contribution < 1.29 is 32.2 Å². The molecule has 0 amide bonds. The molecule has 0 spiro atoms. The average molecular weight is 341 g/mol. The lowest BCUT2D eigenvalue weighted by atomic mass is 10.2. The number of hydrogen-bond acceptors (Lipinski definition) is 7. The predicted octanol–water partition coefficient (Wildman–Crippen LogP) is 0.647. The Kier molecular flexibility index (Phi) is 4.99. The van der Waals surface area contributed by atoms with Crippen molar-refractivity contribution in [2.24, 2.45) is 4.40 Å². The van der Waals surface area contributed by atoms with Gasteiger partial charge in [-0.3, -0.25) is 0 Å². The van der Waals surface area contributed by atoms with Crippen molar-refractivity contribution in [1.82, 2.24) is 0 Å². The molecule has 9 heteroatoms. The van der Waals surface area contributed by atoms with Crippen LogP contribution in [-0.4, -0.2) is 45.6 Å². The molecule has 0 bridgehead atoms. The molecule has 1 aliphatic heterocycles. The molecule has 0 fully saturated rings. The van der Waals surface area contributed by atoms with Crippen LogP contribution in [0.2, 0.25) is 0 Å². The number of rotatable bonds is 5. The van der Waals surface area contributed by atoms with Gasteiger partial charge in [-0.25, -0.2) is 9.59 Å². The Balaban J connectivity index is 2.34. The van der Waals surface area contributed by atoms with Crippen LogP contribution in [0.3, 0.4) is 0 Å². The molecule has 0 atom stereocenters. The maximum atomic E-state index is 11.9. The van der Waals surface area contributed by atoms with Gasteiger partial charge >= 0.3 is 11.9 Å². The maximum absolute atomic E-state index is 11.9. The van der Waals surface area contributed by atoms with Crippen molar-refractivity contribution in [2.45, 2.75) is 24.8 Å². The molecule has 1 aromatic carbocycles. The molecule has 0 aliphatic carbocycles. The quantitative estimate of drug-likeness (QED) is 0.571. The third kappa shape index (κ3) is 3.50. The van der Waals surface area contributed by atoms with Crippen molar-refractivity contribution >= 4 is 27.9 Å². The minimum absolute atomic E-state index is 0.0272. The molecule has 1 aromatic rings. The molecule has 0 radical (unpaired) electrons. The number of hydrogen-bond donors (Lipinski definition) is 0. The summed E-state index contributed by atoms with van der Waals surface area (Å²) in [6.07, 6.45) is -1.74. The summed E-state index contributed by atoms with van der Waals surface area (Å²) in [5, 5.41) is 0. The van der Waals surface area contributed by atoms with E-state index in [9.17, 15) is 18.0 Å². The first-order chi connectivity index (χ1) is 10.9. The largest absolute Gasteiger partial charge is 0.463 e. The molecule has 2 rings (SSSR count). The van der Waals surface area contributed by atoms with E-state index in [0.717, 1.165) is 0 Å². The molecule has 8 nitrogen and oxygen atoms in total.